The predicted octanol–water partition coefficient (Wildman–Crippen LogP) is 12.1. The van der Waals surface area contributed by atoms with Gasteiger partial charge in [0.05, 0.1) is 0 Å². The van der Waals surface area contributed by atoms with E-state index >= 15 is 0 Å². The number of benzene rings is 2. The van der Waals surface area contributed by atoms with Gasteiger partial charge in [0.1, 0.15) is 0 Å². The molecule has 0 heteroatoms. The normalized spacial score (nSPS) is 26.1. The van der Waals surface area contributed by atoms with E-state index < -0.39 is 0 Å². The van der Waals surface area contributed by atoms with E-state index in [-0.39, 0.29) is 21.7 Å². The molecule has 0 amide bonds. The van der Waals surface area contributed by atoms with Crippen molar-refractivity contribution < 1.29 is 0 Å². The van der Waals surface area contributed by atoms with E-state index in [4.69, 9.17) is 0 Å². The van der Waals surface area contributed by atoms with Crippen LogP contribution in [0.25, 0.3) is 11.1 Å². The summed E-state index contributed by atoms with van der Waals surface area (Å²) in [4.78, 5) is 0. The van der Waals surface area contributed by atoms with Crippen LogP contribution in [0.4, 0.5) is 0 Å². The molecule has 6 rings (SSSR count). The molecule has 0 aliphatic heterocycles. The molecule has 0 N–H and O–H groups in total. The van der Waals surface area contributed by atoms with Gasteiger partial charge in [-0.1, -0.05) is 142 Å². The molecule has 0 saturated carbocycles. The molecule has 3 atom stereocenters. The van der Waals surface area contributed by atoms with E-state index in [9.17, 15) is 0 Å². The smallest absolute Gasteiger partial charge is 0.0201 e. The van der Waals surface area contributed by atoms with Crippen molar-refractivity contribution in [1.29, 1.82) is 0 Å². The third kappa shape index (κ3) is 4.62. The van der Waals surface area contributed by atoms with Gasteiger partial charge in [-0.25, -0.2) is 0 Å². The highest BCUT2D eigenvalue weighted by molar-refractivity contribution is 5.81. The summed E-state index contributed by atoms with van der Waals surface area (Å²) in [5.74, 6) is 2.39. The topological polar surface area (TPSA) is 0 Å². The van der Waals surface area contributed by atoms with Crippen molar-refractivity contribution >= 4 is 0 Å². The fourth-order valence-electron chi connectivity index (χ4n) is 9.00. The van der Waals surface area contributed by atoms with Gasteiger partial charge in [0.25, 0.3) is 0 Å². The van der Waals surface area contributed by atoms with Crippen LogP contribution in [0.3, 0.4) is 0 Å². The van der Waals surface area contributed by atoms with Crippen LogP contribution >= 0.6 is 0 Å². The van der Waals surface area contributed by atoms with Gasteiger partial charge in [-0.05, 0) is 105 Å². The Bertz CT molecular complexity index is 1420. The Kier molecular flexibility index (Phi) is 6.96. The zero-order valence-corrected chi connectivity index (χ0v) is 28.5. The monoisotopic (exact) mass is 560 g/mol. The number of allylic oxidation sites excluding steroid dienone is 6. The molecule has 0 aromatic heterocycles. The van der Waals surface area contributed by atoms with Gasteiger partial charge in [-0.2, -0.15) is 0 Å². The molecule has 0 saturated heterocycles. The van der Waals surface area contributed by atoms with Crippen LogP contribution in [0, 0.1) is 28.6 Å². The second-order valence-corrected chi connectivity index (χ2v) is 17.6. The largest absolute Gasteiger partial charge is 0.0885 e. The van der Waals surface area contributed by atoms with Crippen LogP contribution in [-0.4, -0.2) is 0 Å². The maximum absolute atomic E-state index is 2.73. The molecule has 0 heterocycles. The van der Waals surface area contributed by atoms with Gasteiger partial charge in [-0.15, -0.1) is 0 Å². The molecule has 224 valence electrons. The second kappa shape index (κ2) is 9.84. The van der Waals surface area contributed by atoms with E-state index in [0.29, 0.717) is 17.8 Å². The molecular weight excluding hydrogens is 504 g/mol. The van der Waals surface area contributed by atoms with E-state index in [0.717, 1.165) is 5.92 Å². The Morgan fingerprint density at radius 2 is 1.31 bits per heavy atom. The molecule has 0 bridgehead atoms. The van der Waals surface area contributed by atoms with Gasteiger partial charge in [0.15, 0.2) is 0 Å². The molecule has 0 nitrogen and oxygen atoms in total. The molecule has 0 radical (unpaired) electrons. The Balaban J connectivity index is 1.63. The Hall–Kier alpha value is -2.34. The van der Waals surface area contributed by atoms with E-state index in [1.165, 1.54) is 54.4 Å². The molecule has 4 aliphatic carbocycles. The highest BCUT2D eigenvalue weighted by Gasteiger charge is 2.57. The first-order valence-electron chi connectivity index (χ1n) is 16.9. The standard InChI is InChI=1S/C42H56/c1-26(2)42(25-36(27-15-13-12-14-16-27)33-23-30(24-37(33)42)41(9,10)11)38-34-21-28(39(3,4)5)17-19-31(34)32-20-18-29(22-35(32)38)40(6,7)8/h12-13,17-22,24,26-27,36,38H,14-16,23,25H2,1-11H3. The van der Waals surface area contributed by atoms with Gasteiger partial charge in [0, 0.05) is 11.3 Å². The third-order valence-corrected chi connectivity index (χ3v) is 11.7. The van der Waals surface area contributed by atoms with Crippen LogP contribution in [0.15, 0.2) is 71.3 Å². The molecule has 0 fully saturated rings. The fourth-order valence-corrected chi connectivity index (χ4v) is 9.00. The van der Waals surface area contributed by atoms with E-state index in [1.54, 1.807) is 22.3 Å². The molecule has 2 aromatic rings. The van der Waals surface area contributed by atoms with E-state index in [1.807, 2.05) is 5.57 Å². The Labute approximate surface area is 257 Å². The lowest BCUT2D eigenvalue weighted by atomic mass is 9.58. The van der Waals surface area contributed by atoms with Crippen LogP contribution in [-0.2, 0) is 10.8 Å². The lowest BCUT2D eigenvalue weighted by molar-refractivity contribution is 0.173. The number of fused-ring (bicyclic) bond motifs is 3. The van der Waals surface area contributed by atoms with Gasteiger partial charge in [-0.3, -0.25) is 0 Å². The van der Waals surface area contributed by atoms with Gasteiger partial charge < -0.3 is 0 Å². The van der Waals surface area contributed by atoms with Crippen molar-refractivity contribution in [2.75, 3.05) is 0 Å². The first-order chi connectivity index (χ1) is 19.5. The van der Waals surface area contributed by atoms with Crippen LogP contribution in [0.2, 0.25) is 0 Å². The SMILES string of the molecule is CC(C)C1(C2c3cc(C(C)(C)C)ccc3-c3ccc(C(C)(C)C)cc32)CC(C2CC=CCC2)C2=C1C=C(C(C)(C)C)C2. The average Bonchev–Trinajstić information content (AvgIpc) is 3.57. The third-order valence-electron chi connectivity index (χ3n) is 11.7. The fraction of sp³-hybridized carbons (Fsp3) is 0.571. The molecular formula is C42H56. The quantitative estimate of drug-likeness (QED) is 0.327. The average molecular weight is 561 g/mol. The maximum atomic E-state index is 2.73. The molecule has 3 unspecified atom stereocenters. The van der Waals surface area contributed by atoms with Crippen LogP contribution < -0.4 is 0 Å². The molecule has 0 spiro atoms. The van der Waals surface area contributed by atoms with Crippen molar-refractivity contribution in [1.82, 2.24) is 0 Å². The molecule has 4 aliphatic rings. The van der Waals surface area contributed by atoms with Crippen molar-refractivity contribution in [3.05, 3.63) is 93.6 Å². The van der Waals surface area contributed by atoms with E-state index in [2.05, 4.69) is 131 Å². The highest BCUT2D eigenvalue weighted by atomic mass is 14.6. The lowest BCUT2D eigenvalue weighted by Crippen LogP contribution is -2.36. The number of hydrogen-bond donors (Lipinski definition) is 0. The Morgan fingerprint density at radius 1 is 0.738 bits per heavy atom. The number of hydrogen-bond acceptors (Lipinski definition) is 0. The summed E-state index contributed by atoms with van der Waals surface area (Å²) in [5.41, 5.74) is 14.8. The van der Waals surface area contributed by atoms with Crippen LogP contribution in [0.5, 0.6) is 0 Å². The highest BCUT2D eigenvalue weighted by Crippen LogP contribution is 2.69. The summed E-state index contributed by atoms with van der Waals surface area (Å²) in [6.45, 7) is 26.6. The summed E-state index contributed by atoms with van der Waals surface area (Å²) in [6, 6.07) is 15.0. The first-order valence-corrected chi connectivity index (χ1v) is 16.9. The summed E-state index contributed by atoms with van der Waals surface area (Å²) in [5, 5.41) is 0. The summed E-state index contributed by atoms with van der Waals surface area (Å²) >= 11 is 0. The lowest BCUT2D eigenvalue weighted by Gasteiger charge is -2.44. The summed E-state index contributed by atoms with van der Waals surface area (Å²) in [6.07, 6.45) is 14.0. The van der Waals surface area contributed by atoms with Gasteiger partial charge >= 0.3 is 0 Å². The van der Waals surface area contributed by atoms with Crippen molar-refractivity contribution in [3.8, 4) is 11.1 Å². The first kappa shape index (κ1) is 29.7. The maximum Gasteiger partial charge on any atom is 0.0201 e. The van der Waals surface area contributed by atoms with Crippen molar-refractivity contribution in [3.63, 3.8) is 0 Å². The zero-order chi connectivity index (χ0) is 30.4. The molecule has 42 heavy (non-hydrogen) atoms. The number of rotatable bonds is 3. The summed E-state index contributed by atoms with van der Waals surface area (Å²) in [7, 11) is 0. The van der Waals surface area contributed by atoms with Gasteiger partial charge in [0.2, 0.25) is 0 Å². The Morgan fingerprint density at radius 3 is 1.76 bits per heavy atom. The van der Waals surface area contributed by atoms with Crippen molar-refractivity contribution in [2.24, 2.45) is 28.6 Å². The minimum Gasteiger partial charge on any atom is -0.0885 e. The molecule has 2 aromatic carbocycles. The second-order valence-electron chi connectivity index (χ2n) is 17.6. The summed E-state index contributed by atoms with van der Waals surface area (Å²) < 4.78 is 0. The predicted molar refractivity (Wildman–Crippen MR) is 182 cm³/mol. The van der Waals surface area contributed by atoms with Crippen molar-refractivity contribution in [2.45, 2.75) is 125 Å². The van der Waals surface area contributed by atoms with Crippen LogP contribution in [0.1, 0.15) is 136 Å². The minimum atomic E-state index is 0.0984. The minimum absolute atomic E-state index is 0.0984. The zero-order valence-electron chi connectivity index (χ0n) is 28.5.